The Labute approximate surface area is 148 Å². The first-order chi connectivity index (χ1) is 11.3. The van der Waals surface area contributed by atoms with Gasteiger partial charge < -0.3 is 0 Å². The molecular formula is C15H13ClN2O4S2. The fourth-order valence-electron chi connectivity index (χ4n) is 2.39. The van der Waals surface area contributed by atoms with Crippen LogP contribution in [-0.2, 0) is 10.0 Å². The van der Waals surface area contributed by atoms with Gasteiger partial charge in [-0.25, -0.2) is 13.1 Å². The monoisotopic (exact) mass is 384 g/mol. The van der Waals surface area contributed by atoms with Gasteiger partial charge in [-0.2, -0.15) is 0 Å². The average Bonchev–Trinajstić information content (AvgIpc) is 3.05. The Hall–Kier alpha value is -1.74. The van der Waals surface area contributed by atoms with E-state index in [0.717, 1.165) is 21.1 Å². The van der Waals surface area contributed by atoms with Gasteiger partial charge in [0.2, 0.25) is 10.0 Å². The predicted molar refractivity (Wildman–Crippen MR) is 91.1 cm³/mol. The van der Waals surface area contributed by atoms with E-state index < -0.39 is 21.8 Å². The molecular weight excluding hydrogens is 372 g/mol. The molecule has 1 aromatic carbocycles. The van der Waals surface area contributed by atoms with E-state index in [1.165, 1.54) is 24.3 Å². The van der Waals surface area contributed by atoms with Crippen molar-refractivity contribution in [2.24, 2.45) is 0 Å². The van der Waals surface area contributed by atoms with Crippen molar-refractivity contribution in [3.8, 4) is 0 Å². The number of amides is 2. The summed E-state index contributed by atoms with van der Waals surface area (Å²) in [6.07, 6.45) is 0. The second-order valence-electron chi connectivity index (χ2n) is 5.21. The summed E-state index contributed by atoms with van der Waals surface area (Å²) in [5, 5.41) is 0.366. The lowest BCUT2D eigenvalue weighted by molar-refractivity contribution is 0.0657. The minimum absolute atomic E-state index is 0.0481. The number of benzene rings is 1. The van der Waals surface area contributed by atoms with Crippen molar-refractivity contribution < 1.29 is 18.0 Å². The number of hydrogen-bond donors (Lipinski definition) is 1. The van der Waals surface area contributed by atoms with Gasteiger partial charge in [0.1, 0.15) is 4.21 Å². The van der Waals surface area contributed by atoms with E-state index in [1.807, 2.05) is 6.92 Å². The van der Waals surface area contributed by atoms with Gasteiger partial charge in [0.05, 0.1) is 11.1 Å². The smallest absolute Gasteiger partial charge is 0.261 e. The van der Waals surface area contributed by atoms with Gasteiger partial charge >= 0.3 is 0 Å². The zero-order chi connectivity index (χ0) is 17.5. The molecule has 1 aliphatic rings. The van der Waals surface area contributed by atoms with Gasteiger partial charge in [-0.3, -0.25) is 14.5 Å². The summed E-state index contributed by atoms with van der Waals surface area (Å²) in [4.78, 5) is 26.4. The van der Waals surface area contributed by atoms with E-state index in [9.17, 15) is 18.0 Å². The molecule has 24 heavy (non-hydrogen) atoms. The normalized spacial score (nSPS) is 14.3. The van der Waals surface area contributed by atoms with Crippen LogP contribution in [0.25, 0.3) is 0 Å². The molecule has 1 N–H and O–H groups in total. The Morgan fingerprint density at radius 1 is 1.12 bits per heavy atom. The maximum Gasteiger partial charge on any atom is 0.261 e. The van der Waals surface area contributed by atoms with Gasteiger partial charge in [-0.1, -0.05) is 11.6 Å². The van der Waals surface area contributed by atoms with Crippen molar-refractivity contribution in [3.05, 3.63) is 51.4 Å². The number of aryl methyl sites for hydroxylation is 1. The quantitative estimate of drug-likeness (QED) is 0.801. The SMILES string of the molecule is Cc1ccc(S(=O)(=O)NCCN2C(=O)c3ccc(Cl)cc3C2=O)s1. The highest BCUT2D eigenvalue weighted by Gasteiger charge is 2.35. The molecule has 1 aromatic heterocycles. The van der Waals surface area contributed by atoms with Crippen molar-refractivity contribution in [2.75, 3.05) is 13.1 Å². The Kier molecular flexibility index (Phi) is 4.48. The number of fused-ring (bicyclic) bond motifs is 1. The predicted octanol–water partition coefficient (Wildman–Crippen LogP) is 2.28. The standard InChI is InChI=1S/C15H13ClN2O4S2/c1-9-2-5-13(23-9)24(21,22)17-6-7-18-14(19)11-4-3-10(16)8-12(11)15(18)20/h2-5,8,17H,6-7H2,1H3. The third kappa shape index (κ3) is 3.10. The van der Waals surface area contributed by atoms with Crippen LogP contribution in [0.1, 0.15) is 25.6 Å². The van der Waals surface area contributed by atoms with E-state index >= 15 is 0 Å². The molecule has 6 nitrogen and oxygen atoms in total. The number of hydrogen-bond acceptors (Lipinski definition) is 5. The maximum atomic E-state index is 12.3. The van der Waals surface area contributed by atoms with Crippen molar-refractivity contribution in [3.63, 3.8) is 0 Å². The Bertz CT molecular complexity index is 937. The molecule has 2 aromatic rings. The summed E-state index contributed by atoms with van der Waals surface area (Å²) in [7, 11) is -3.64. The van der Waals surface area contributed by atoms with Crippen LogP contribution in [0, 0.1) is 6.92 Å². The third-order valence-corrected chi connectivity index (χ3v) is 6.73. The van der Waals surface area contributed by atoms with Crippen LogP contribution >= 0.6 is 22.9 Å². The molecule has 0 unspecified atom stereocenters. The summed E-state index contributed by atoms with van der Waals surface area (Å²) >= 11 is 7.00. The van der Waals surface area contributed by atoms with Gasteiger partial charge in [0.25, 0.3) is 11.8 Å². The zero-order valence-electron chi connectivity index (χ0n) is 12.6. The van der Waals surface area contributed by atoms with Crippen LogP contribution in [0.3, 0.4) is 0 Å². The van der Waals surface area contributed by atoms with Crippen LogP contribution in [-0.4, -0.2) is 38.2 Å². The topological polar surface area (TPSA) is 83.6 Å². The lowest BCUT2D eigenvalue weighted by Crippen LogP contribution is -2.37. The number of nitrogens with zero attached hydrogens (tertiary/aromatic N) is 1. The fraction of sp³-hybridized carbons (Fsp3) is 0.200. The molecule has 2 amide bonds. The van der Waals surface area contributed by atoms with E-state index in [1.54, 1.807) is 6.07 Å². The van der Waals surface area contributed by atoms with Crippen molar-refractivity contribution in [1.29, 1.82) is 0 Å². The molecule has 0 aliphatic carbocycles. The molecule has 0 radical (unpaired) electrons. The minimum atomic E-state index is -3.64. The summed E-state index contributed by atoms with van der Waals surface area (Å²) < 4.78 is 26.9. The van der Waals surface area contributed by atoms with E-state index in [0.29, 0.717) is 5.02 Å². The molecule has 0 spiro atoms. The molecule has 0 atom stereocenters. The first-order valence-corrected chi connectivity index (χ1v) is 9.69. The molecule has 0 saturated heterocycles. The highest BCUT2D eigenvalue weighted by molar-refractivity contribution is 7.91. The number of carbonyl (C=O) groups excluding carboxylic acids is 2. The molecule has 0 saturated carbocycles. The van der Waals surface area contributed by atoms with Crippen molar-refractivity contribution >= 4 is 44.8 Å². The molecule has 2 heterocycles. The first-order valence-electron chi connectivity index (χ1n) is 7.01. The molecule has 0 bridgehead atoms. The number of halogens is 1. The van der Waals surface area contributed by atoms with Crippen molar-refractivity contribution in [1.82, 2.24) is 9.62 Å². The van der Waals surface area contributed by atoms with Crippen LogP contribution in [0.5, 0.6) is 0 Å². The lowest BCUT2D eigenvalue weighted by Gasteiger charge is -2.14. The van der Waals surface area contributed by atoms with Gasteiger partial charge in [-0.15, -0.1) is 11.3 Å². The highest BCUT2D eigenvalue weighted by Crippen LogP contribution is 2.25. The zero-order valence-corrected chi connectivity index (χ0v) is 15.0. The largest absolute Gasteiger partial charge is 0.273 e. The second kappa shape index (κ2) is 6.29. The van der Waals surface area contributed by atoms with Crippen LogP contribution in [0.2, 0.25) is 5.02 Å². The van der Waals surface area contributed by atoms with Gasteiger partial charge in [-0.05, 0) is 37.3 Å². The van der Waals surface area contributed by atoms with Gasteiger partial charge in [0.15, 0.2) is 0 Å². The number of sulfonamides is 1. The average molecular weight is 385 g/mol. The fourth-order valence-corrected chi connectivity index (χ4v) is 4.91. The Morgan fingerprint density at radius 3 is 2.50 bits per heavy atom. The number of carbonyl (C=O) groups is 2. The maximum absolute atomic E-state index is 12.3. The summed E-state index contributed by atoms with van der Waals surface area (Å²) in [6, 6.07) is 7.71. The van der Waals surface area contributed by atoms with Crippen LogP contribution in [0.15, 0.2) is 34.5 Å². The Morgan fingerprint density at radius 2 is 1.83 bits per heavy atom. The lowest BCUT2D eigenvalue weighted by atomic mass is 10.1. The summed E-state index contributed by atoms with van der Waals surface area (Å²) in [5.41, 5.74) is 0.519. The molecule has 0 fully saturated rings. The Balaban J connectivity index is 1.68. The van der Waals surface area contributed by atoms with E-state index in [4.69, 9.17) is 11.6 Å². The number of imide groups is 1. The van der Waals surface area contributed by atoms with E-state index in [2.05, 4.69) is 4.72 Å². The van der Waals surface area contributed by atoms with Gasteiger partial charge in [0, 0.05) is 23.0 Å². The van der Waals surface area contributed by atoms with Crippen LogP contribution < -0.4 is 4.72 Å². The summed E-state index contributed by atoms with van der Waals surface area (Å²) in [5.74, 6) is -0.915. The first kappa shape index (κ1) is 17.1. The molecule has 3 rings (SSSR count). The third-order valence-electron chi connectivity index (χ3n) is 3.54. The number of nitrogens with one attached hydrogen (secondary N) is 1. The van der Waals surface area contributed by atoms with Crippen LogP contribution in [0.4, 0.5) is 0 Å². The molecule has 9 heteroatoms. The summed E-state index contributed by atoms with van der Waals surface area (Å²) in [6.45, 7) is 1.71. The number of thiophene rings is 1. The molecule has 126 valence electrons. The minimum Gasteiger partial charge on any atom is -0.273 e. The highest BCUT2D eigenvalue weighted by atomic mass is 35.5. The van der Waals surface area contributed by atoms with E-state index in [-0.39, 0.29) is 28.4 Å². The van der Waals surface area contributed by atoms with Crippen molar-refractivity contribution in [2.45, 2.75) is 11.1 Å². The number of rotatable bonds is 5. The second-order valence-corrected chi connectivity index (χ2v) is 8.93. The molecule has 1 aliphatic heterocycles.